The summed E-state index contributed by atoms with van der Waals surface area (Å²) in [5, 5.41) is 3.25. The molecule has 0 unspecified atom stereocenters. The Bertz CT molecular complexity index is 1120. The van der Waals surface area contributed by atoms with E-state index in [0.29, 0.717) is 39.1 Å². The van der Waals surface area contributed by atoms with E-state index in [0.717, 1.165) is 5.56 Å². The van der Waals surface area contributed by atoms with Crippen LogP contribution in [0, 0.1) is 6.92 Å². The van der Waals surface area contributed by atoms with E-state index in [1.54, 1.807) is 36.5 Å². The average Bonchev–Trinajstić information content (AvgIpc) is 3.12. The monoisotopic (exact) mass is 393 g/mol. The van der Waals surface area contributed by atoms with Crippen molar-refractivity contribution >= 4 is 34.4 Å². The molecular weight excluding hydrogens is 378 g/mol. The zero-order valence-electron chi connectivity index (χ0n) is 15.0. The van der Waals surface area contributed by atoms with Crippen molar-refractivity contribution in [1.82, 2.24) is 9.97 Å². The minimum absolute atomic E-state index is 0.103. The van der Waals surface area contributed by atoms with Crippen LogP contribution >= 0.6 is 11.6 Å². The number of rotatable bonds is 5. The van der Waals surface area contributed by atoms with Gasteiger partial charge in [0.2, 0.25) is 5.89 Å². The number of fused-ring (bicyclic) bond motifs is 1. The maximum Gasteiger partial charge on any atom is 0.262 e. The van der Waals surface area contributed by atoms with Gasteiger partial charge in [-0.15, -0.1) is 0 Å². The van der Waals surface area contributed by atoms with Gasteiger partial charge in [-0.05, 0) is 55.0 Å². The molecule has 7 heteroatoms. The summed E-state index contributed by atoms with van der Waals surface area (Å²) in [6.07, 6.45) is 1.64. The fourth-order valence-corrected chi connectivity index (χ4v) is 2.90. The first-order valence-corrected chi connectivity index (χ1v) is 8.97. The van der Waals surface area contributed by atoms with Crippen LogP contribution in [-0.2, 0) is 4.79 Å². The van der Waals surface area contributed by atoms with Crippen molar-refractivity contribution in [3.8, 4) is 17.2 Å². The summed E-state index contributed by atoms with van der Waals surface area (Å²) in [6, 6.07) is 16.2. The average molecular weight is 394 g/mol. The van der Waals surface area contributed by atoms with Gasteiger partial charge in [0.15, 0.2) is 17.8 Å². The lowest BCUT2D eigenvalue weighted by atomic mass is 10.2. The zero-order chi connectivity index (χ0) is 19.5. The molecule has 4 aromatic rings. The minimum Gasteiger partial charge on any atom is -0.484 e. The Morgan fingerprint density at radius 2 is 2.07 bits per heavy atom. The molecule has 140 valence electrons. The molecule has 1 N–H and O–H groups in total. The summed E-state index contributed by atoms with van der Waals surface area (Å²) < 4.78 is 11.2. The largest absolute Gasteiger partial charge is 0.484 e. The summed E-state index contributed by atoms with van der Waals surface area (Å²) in [5.74, 6) is 0.700. The van der Waals surface area contributed by atoms with E-state index in [2.05, 4.69) is 15.3 Å². The predicted molar refractivity (Wildman–Crippen MR) is 108 cm³/mol. The maximum absolute atomic E-state index is 12.2. The Labute approximate surface area is 166 Å². The number of benzene rings is 2. The molecule has 0 bridgehead atoms. The van der Waals surface area contributed by atoms with Crippen molar-refractivity contribution in [3.05, 3.63) is 71.4 Å². The van der Waals surface area contributed by atoms with Gasteiger partial charge in [-0.2, -0.15) is 4.98 Å². The number of anilines is 1. The number of nitrogens with one attached hydrogen (secondary N) is 1. The van der Waals surface area contributed by atoms with Crippen LogP contribution in [0.2, 0.25) is 5.02 Å². The van der Waals surface area contributed by atoms with Gasteiger partial charge in [-0.1, -0.05) is 23.7 Å². The third-order valence-corrected chi connectivity index (χ3v) is 4.33. The number of pyridine rings is 1. The number of ether oxygens (including phenoxy) is 1. The highest BCUT2D eigenvalue weighted by atomic mass is 35.5. The summed E-state index contributed by atoms with van der Waals surface area (Å²) >= 11 is 6.29. The van der Waals surface area contributed by atoms with Gasteiger partial charge in [0, 0.05) is 11.9 Å². The van der Waals surface area contributed by atoms with Crippen LogP contribution in [-0.4, -0.2) is 22.5 Å². The van der Waals surface area contributed by atoms with Crippen LogP contribution in [0.5, 0.6) is 5.75 Å². The van der Waals surface area contributed by atoms with Gasteiger partial charge in [0.25, 0.3) is 5.91 Å². The van der Waals surface area contributed by atoms with E-state index in [1.165, 1.54) is 0 Å². The first-order chi connectivity index (χ1) is 13.6. The number of nitrogens with zero attached hydrogens (tertiary/aromatic N) is 2. The second kappa shape index (κ2) is 7.70. The molecule has 0 saturated carbocycles. The second-order valence-electron chi connectivity index (χ2n) is 6.19. The number of carbonyl (C=O) groups excluding carboxylic acids is 1. The summed E-state index contributed by atoms with van der Waals surface area (Å²) in [5.41, 5.74) is 3.25. The van der Waals surface area contributed by atoms with Crippen LogP contribution in [0.4, 0.5) is 5.69 Å². The molecule has 0 aliphatic rings. The molecule has 0 saturated heterocycles. The standard InChI is InChI=1S/C21H16ClN3O3/c1-13-4-2-5-15(10-13)27-12-19(26)24-14-7-8-17(22)16(11-14)21-25-20-18(28-21)6-3-9-23-20/h2-11H,12H2,1H3,(H,24,26). The molecular formula is C21H16ClN3O3. The molecule has 0 fully saturated rings. The van der Waals surface area contributed by atoms with Crippen molar-refractivity contribution in [2.45, 2.75) is 6.92 Å². The summed E-state index contributed by atoms with van der Waals surface area (Å²) in [7, 11) is 0. The number of aromatic nitrogens is 2. The Balaban J connectivity index is 1.49. The molecule has 0 radical (unpaired) electrons. The Kier molecular flexibility index (Phi) is 4.95. The highest BCUT2D eigenvalue weighted by molar-refractivity contribution is 6.33. The Hall–Kier alpha value is -3.38. The number of carbonyl (C=O) groups is 1. The van der Waals surface area contributed by atoms with Crippen LogP contribution in [0.1, 0.15) is 5.56 Å². The van der Waals surface area contributed by atoms with Crippen LogP contribution in [0.3, 0.4) is 0 Å². The normalized spacial score (nSPS) is 10.8. The lowest BCUT2D eigenvalue weighted by Crippen LogP contribution is -2.20. The number of amides is 1. The second-order valence-corrected chi connectivity index (χ2v) is 6.60. The van der Waals surface area contributed by atoms with E-state index in [1.807, 2.05) is 31.2 Å². The minimum atomic E-state index is -0.283. The molecule has 28 heavy (non-hydrogen) atoms. The first kappa shape index (κ1) is 18.0. The summed E-state index contributed by atoms with van der Waals surface area (Å²) in [6.45, 7) is 1.86. The maximum atomic E-state index is 12.2. The molecule has 2 heterocycles. The number of halogens is 1. The highest BCUT2D eigenvalue weighted by Crippen LogP contribution is 2.31. The molecule has 2 aromatic carbocycles. The lowest BCUT2D eigenvalue weighted by molar-refractivity contribution is -0.118. The number of hydrogen-bond donors (Lipinski definition) is 1. The van der Waals surface area contributed by atoms with E-state index in [4.69, 9.17) is 20.8 Å². The first-order valence-electron chi connectivity index (χ1n) is 8.59. The molecule has 2 aromatic heterocycles. The van der Waals surface area contributed by atoms with Gasteiger partial charge >= 0.3 is 0 Å². The van der Waals surface area contributed by atoms with Crippen LogP contribution in [0.25, 0.3) is 22.7 Å². The smallest absolute Gasteiger partial charge is 0.262 e. The van der Waals surface area contributed by atoms with E-state index >= 15 is 0 Å². The molecule has 1 amide bonds. The van der Waals surface area contributed by atoms with Gasteiger partial charge in [-0.25, -0.2) is 4.98 Å². The number of oxazole rings is 1. The van der Waals surface area contributed by atoms with Gasteiger partial charge in [0.1, 0.15) is 5.75 Å². The zero-order valence-corrected chi connectivity index (χ0v) is 15.7. The molecule has 0 atom stereocenters. The SMILES string of the molecule is Cc1cccc(OCC(=O)Nc2ccc(Cl)c(-c3nc4ncccc4o3)c2)c1. The third-order valence-electron chi connectivity index (χ3n) is 4.00. The van der Waals surface area contributed by atoms with E-state index < -0.39 is 0 Å². The summed E-state index contributed by atoms with van der Waals surface area (Å²) in [4.78, 5) is 20.7. The van der Waals surface area contributed by atoms with Crippen molar-refractivity contribution in [2.75, 3.05) is 11.9 Å². The topological polar surface area (TPSA) is 77.2 Å². The Morgan fingerprint density at radius 1 is 1.18 bits per heavy atom. The van der Waals surface area contributed by atoms with Crippen molar-refractivity contribution in [1.29, 1.82) is 0 Å². The van der Waals surface area contributed by atoms with E-state index in [-0.39, 0.29) is 12.5 Å². The van der Waals surface area contributed by atoms with Gasteiger partial charge < -0.3 is 14.5 Å². The quantitative estimate of drug-likeness (QED) is 0.523. The molecule has 6 nitrogen and oxygen atoms in total. The third kappa shape index (κ3) is 3.97. The predicted octanol–water partition coefficient (Wildman–Crippen LogP) is 4.87. The van der Waals surface area contributed by atoms with Crippen molar-refractivity contribution < 1.29 is 13.9 Å². The fourth-order valence-electron chi connectivity index (χ4n) is 2.70. The van der Waals surface area contributed by atoms with Gasteiger partial charge in [-0.3, -0.25) is 4.79 Å². The van der Waals surface area contributed by atoms with Crippen LogP contribution in [0.15, 0.2) is 65.2 Å². The molecule has 4 rings (SSSR count). The van der Waals surface area contributed by atoms with Crippen LogP contribution < -0.4 is 10.1 Å². The fraction of sp³-hybridized carbons (Fsp3) is 0.0952. The number of aryl methyl sites for hydroxylation is 1. The van der Waals surface area contributed by atoms with E-state index in [9.17, 15) is 4.79 Å². The Morgan fingerprint density at radius 3 is 2.89 bits per heavy atom. The lowest BCUT2D eigenvalue weighted by Gasteiger charge is -2.09. The highest BCUT2D eigenvalue weighted by Gasteiger charge is 2.14. The van der Waals surface area contributed by atoms with Crippen molar-refractivity contribution in [2.24, 2.45) is 0 Å². The molecule has 0 spiro atoms. The number of hydrogen-bond acceptors (Lipinski definition) is 5. The molecule has 0 aliphatic heterocycles. The van der Waals surface area contributed by atoms with Gasteiger partial charge in [0.05, 0.1) is 10.6 Å². The van der Waals surface area contributed by atoms with Crippen molar-refractivity contribution in [3.63, 3.8) is 0 Å². The molecule has 0 aliphatic carbocycles.